The lowest BCUT2D eigenvalue weighted by Crippen LogP contribution is -2.21. The molecule has 110 valence electrons. The quantitative estimate of drug-likeness (QED) is 0.769. The maximum atomic E-state index is 13.3. The van der Waals surface area contributed by atoms with Gasteiger partial charge in [0.2, 0.25) is 0 Å². The van der Waals surface area contributed by atoms with Gasteiger partial charge in [0.05, 0.1) is 5.56 Å². The second-order valence-electron chi connectivity index (χ2n) is 4.45. The Kier molecular flexibility index (Phi) is 5.29. The summed E-state index contributed by atoms with van der Waals surface area (Å²) >= 11 is 0. The molecule has 0 heterocycles. The molecule has 2 N–H and O–H groups in total. The normalized spacial score (nSPS) is 10.3. The van der Waals surface area contributed by atoms with Gasteiger partial charge in [0.15, 0.2) is 0 Å². The van der Waals surface area contributed by atoms with Gasteiger partial charge < -0.3 is 15.2 Å². The minimum absolute atomic E-state index is 0.222. The average Bonchev–Trinajstić information content (AvgIpc) is 2.49. The fraction of sp³-hybridized carbons (Fsp3) is 0.188. The SMILES string of the molecule is O=C(O)c1ccc(OCCNCc2ccccc2F)cc1. The molecule has 0 radical (unpaired) electrons. The Morgan fingerprint density at radius 1 is 1.14 bits per heavy atom. The van der Waals surface area contributed by atoms with E-state index in [-0.39, 0.29) is 11.4 Å². The average molecular weight is 289 g/mol. The highest BCUT2D eigenvalue weighted by molar-refractivity contribution is 5.87. The van der Waals surface area contributed by atoms with Gasteiger partial charge in [0.25, 0.3) is 0 Å². The van der Waals surface area contributed by atoms with Crippen LogP contribution in [0, 0.1) is 5.82 Å². The summed E-state index contributed by atoms with van der Waals surface area (Å²) in [4.78, 5) is 10.7. The van der Waals surface area contributed by atoms with Crippen LogP contribution >= 0.6 is 0 Å². The number of carbonyl (C=O) groups is 1. The lowest BCUT2D eigenvalue weighted by Gasteiger charge is -2.08. The molecule has 0 bridgehead atoms. The van der Waals surface area contributed by atoms with Crippen molar-refractivity contribution >= 4 is 5.97 Å². The van der Waals surface area contributed by atoms with E-state index in [4.69, 9.17) is 9.84 Å². The molecule has 0 aliphatic carbocycles. The third kappa shape index (κ3) is 4.57. The van der Waals surface area contributed by atoms with Crippen LogP contribution in [0.4, 0.5) is 4.39 Å². The number of benzene rings is 2. The van der Waals surface area contributed by atoms with Gasteiger partial charge in [-0.3, -0.25) is 0 Å². The van der Waals surface area contributed by atoms with Crippen molar-refractivity contribution < 1.29 is 19.0 Å². The third-order valence-electron chi connectivity index (χ3n) is 2.92. The number of rotatable bonds is 7. The predicted octanol–water partition coefficient (Wildman–Crippen LogP) is 2.69. The molecule has 5 heteroatoms. The van der Waals surface area contributed by atoms with Crippen molar-refractivity contribution in [3.63, 3.8) is 0 Å². The molecular weight excluding hydrogens is 273 g/mol. The van der Waals surface area contributed by atoms with Gasteiger partial charge in [-0.15, -0.1) is 0 Å². The van der Waals surface area contributed by atoms with Gasteiger partial charge >= 0.3 is 5.97 Å². The number of aromatic carboxylic acids is 1. The minimum atomic E-state index is -0.965. The van der Waals surface area contributed by atoms with Crippen LogP contribution in [0.5, 0.6) is 5.75 Å². The zero-order valence-corrected chi connectivity index (χ0v) is 11.4. The van der Waals surface area contributed by atoms with Crippen LogP contribution in [0.15, 0.2) is 48.5 Å². The fourth-order valence-electron chi connectivity index (χ4n) is 1.80. The standard InChI is InChI=1S/C16H16FNO3/c17-15-4-2-1-3-13(15)11-18-9-10-21-14-7-5-12(6-8-14)16(19)20/h1-8,18H,9-11H2,(H,19,20). The molecule has 0 atom stereocenters. The molecule has 2 aromatic carbocycles. The number of carboxylic acids is 1. The Labute approximate surface area is 122 Å². The first-order chi connectivity index (χ1) is 10.2. The largest absolute Gasteiger partial charge is 0.492 e. The van der Waals surface area contributed by atoms with Crippen molar-refractivity contribution in [3.8, 4) is 5.75 Å². The monoisotopic (exact) mass is 289 g/mol. The van der Waals surface area contributed by atoms with Crippen molar-refractivity contribution in [3.05, 3.63) is 65.5 Å². The van der Waals surface area contributed by atoms with Crippen LogP contribution in [0.25, 0.3) is 0 Å². The van der Waals surface area contributed by atoms with E-state index in [2.05, 4.69) is 5.32 Å². The van der Waals surface area contributed by atoms with Crippen molar-refractivity contribution in [2.24, 2.45) is 0 Å². The number of hydrogen-bond donors (Lipinski definition) is 2. The zero-order chi connectivity index (χ0) is 15.1. The molecule has 0 saturated heterocycles. The van der Waals surface area contributed by atoms with E-state index in [0.29, 0.717) is 31.0 Å². The highest BCUT2D eigenvalue weighted by Crippen LogP contribution is 2.12. The Bertz CT molecular complexity index is 599. The van der Waals surface area contributed by atoms with Gasteiger partial charge in [0, 0.05) is 18.7 Å². The fourth-order valence-corrected chi connectivity index (χ4v) is 1.80. The third-order valence-corrected chi connectivity index (χ3v) is 2.92. The molecule has 0 spiro atoms. The molecule has 2 rings (SSSR count). The summed E-state index contributed by atoms with van der Waals surface area (Å²) in [6.07, 6.45) is 0. The molecule has 0 fully saturated rings. The van der Waals surface area contributed by atoms with Crippen LogP contribution in [-0.4, -0.2) is 24.2 Å². The van der Waals surface area contributed by atoms with Crippen LogP contribution in [0.3, 0.4) is 0 Å². The molecule has 0 unspecified atom stereocenters. The minimum Gasteiger partial charge on any atom is -0.492 e. The van der Waals surface area contributed by atoms with Crippen molar-refractivity contribution in [2.45, 2.75) is 6.54 Å². The van der Waals surface area contributed by atoms with Crippen LogP contribution in [0.1, 0.15) is 15.9 Å². The second kappa shape index (κ2) is 7.40. The van der Waals surface area contributed by atoms with Gasteiger partial charge in [-0.25, -0.2) is 9.18 Å². The lowest BCUT2D eigenvalue weighted by atomic mass is 10.2. The van der Waals surface area contributed by atoms with Gasteiger partial charge in [-0.2, -0.15) is 0 Å². The van der Waals surface area contributed by atoms with E-state index in [1.54, 1.807) is 30.3 Å². The summed E-state index contributed by atoms with van der Waals surface area (Å²) in [5.74, 6) is -0.587. The predicted molar refractivity (Wildman–Crippen MR) is 77.0 cm³/mol. The van der Waals surface area contributed by atoms with E-state index in [9.17, 15) is 9.18 Å². The van der Waals surface area contributed by atoms with Crippen molar-refractivity contribution in [1.82, 2.24) is 5.32 Å². The zero-order valence-electron chi connectivity index (χ0n) is 11.4. The molecule has 0 amide bonds. The van der Waals surface area contributed by atoms with E-state index in [0.717, 1.165) is 0 Å². The number of halogens is 1. The molecule has 2 aromatic rings. The van der Waals surface area contributed by atoms with Gasteiger partial charge in [-0.1, -0.05) is 18.2 Å². The van der Waals surface area contributed by atoms with Crippen LogP contribution in [0.2, 0.25) is 0 Å². The van der Waals surface area contributed by atoms with Crippen molar-refractivity contribution in [2.75, 3.05) is 13.2 Å². The molecule has 0 aliphatic heterocycles. The van der Waals surface area contributed by atoms with Crippen LogP contribution < -0.4 is 10.1 Å². The summed E-state index contributed by atoms with van der Waals surface area (Å²) < 4.78 is 18.8. The highest BCUT2D eigenvalue weighted by Gasteiger charge is 2.02. The molecular formula is C16H16FNO3. The Morgan fingerprint density at radius 3 is 2.52 bits per heavy atom. The Balaban J connectivity index is 1.70. The maximum absolute atomic E-state index is 13.3. The van der Waals surface area contributed by atoms with Crippen LogP contribution in [-0.2, 0) is 6.54 Å². The highest BCUT2D eigenvalue weighted by atomic mass is 19.1. The summed E-state index contributed by atoms with van der Waals surface area (Å²) in [6.45, 7) is 1.42. The summed E-state index contributed by atoms with van der Waals surface area (Å²) in [5.41, 5.74) is 0.836. The summed E-state index contributed by atoms with van der Waals surface area (Å²) in [7, 11) is 0. The van der Waals surface area contributed by atoms with E-state index >= 15 is 0 Å². The molecule has 0 aromatic heterocycles. The topological polar surface area (TPSA) is 58.6 Å². The van der Waals surface area contributed by atoms with E-state index in [1.807, 2.05) is 0 Å². The first-order valence-electron chi connectivity index (χ1n) is 6.57. The van der Waals surface area contributed by atoms with E-state index in [1.165, 1.54) is 18.2 Å². The number of ether oxygens (including phenoxy) is 1. The summed E-state index contributed by atoms with van der Waals surface area (Å²) in [5, 5.41) is 11.9. The molecule has 21 heavy (non-hydrogen) atoms. The Hall–Kier alpha value is -2.40. The molecule has 0 saturated carbocycles. The lowest BCUT2D eigenvalue weighted by molar-refractivity contribution is 0.0697. The van der Waals surface area contributed by atoms with Crippen molar-refractivity contribution in [1.29, 1.82) is 0 Å². The first kappa shape index (κ1) is 15.0. The number of carboxylic acid groups (broad SMARTS) is 1. The number of hydrogen-bond acceptors (Lipinski definition) is 3. The summed E-state index contributed by atoms with van der Waals surface area (Å²) in [6, 6.07) is 12.8. The first-order valence-corrected chi connectivity index (χ1v) is 6.57. The maximum Gasteiger partial charge on any atom is 0.335 e. The molecule has 4 nitrogen and oxygen atoms in total. The number of nitrogens with one attached hydrogen (secondary N) is 1. The smallest absolute Gasteiger partial charge is 0.335 e. The molecule has 0 aliphatic rings. The van der Waals surface area contributed by atoms with E-state index < -0.39 is 5.97 Å². The Morgan fingerprint density at radius 2 is 1.86 bits per heavy atom. The second-order valence-corrected chi connectivity index (χ2v) is 4.45. The van der Waals surface area contributed by atoms with Gasteiger partial charge in [-0.05, 0) is 30.3 Å². The van der Waals surface area contributed by atoms with Gasteiger partial charge in [0.1, 0.15) is 18.2 Å².